The van der Waals surface area contributed by atoms with Gasteiger partial charge in [-0.1, -0.05) is 0 Å². The number of ketones is 1. The first kappa shape index (κ1) is 6.75. The number of hydrogen-bond donors (Lipinski definition) is 0. The van der Waals surface area contributed by atoms with Gasteiger partial charge in [-0.2, -0.15) is 0 Å². The van der Waals surface area contributed by atoms with E-state index < -0.39 is 0 Å². The first-order chi connectivity index (χ1) is 3.98. The van der Waals surface area contributed by atoms with Gasteiger partial charge in [0.25, 0.3) is 0 Å². The second-order valence-electron chi connectivity index (χ2n) is 3.28. The third-order valence-corrected chi connectivity index (χ3v) is 2.28. The number of likely N-dealkylation sites (N-methyl/N-ethyl adjacent to an activating group) is 1. The minimum atomic E-state index is 0.131. The summed E-state index contributed by atoms with van der Waals surface area (Å²) in [5.74, 6) is 0.280. The van der Waals surface area contributed by atoms with Gasteiger partial charge >= 0.3 is 0 Å². The Morgan fingerprint density at radius 1 is 1.56 bits per heavy atom. The lowest BCUT2D eigenvalue weighted by Gasteiger charge is -1.94. The van der Waals surface area contributed by atoms with Crippen molar-refractivity contribution < 1.29 is 4.79 Å². The second kappa shape index (κ2) is 1.57. The van der Waals surface area contributed by atoms with Crippen LogP contribution in [0.3, 0.4) is 0 Å². The first-order valence-electron chi connectivity index (χ1n) is 3.21. The average molecular weight is 127 g/mol. The van der Waals surface area contributed by atoms with Crippen LogP contribution in [-0.2, 0) is 4.79 Å². The fourth-order valence-electron chi connectivity index (χ4n) is 1.45. The van der Waals surface area contributed by atoms with E-state index in [0.717, 1.165) is 0 Å². The highest BCUT2D eigenvalue weighted by atomic mass is 16.1. The molecular formula is C7H13NO. The molecule has 2 nitrogen and oxygen atoms in total. The Morgan fingerprint density at radius 3 is 1.89 bits per heavy atom. The molecule has 1 rings (SSSR count). The van der Waals surface area contributed by atoms with Crippen LogP contribution in [0.15, 0.2) is 0 Å². The molecule has 1 fully saturated rings. The van der Waals surface area contributed by atoms with Crippen molar-refractivity contribution in [2.45, 2.75) is 32.4 Å². The predicted molar refractivity (Wildman–Crippen MR) is 36.3 cm³/mol. The summed E-state index contributed by atoms with van der Waals surface area (Å²) in [6.07, 6.45) is 0. The SMILES string of the molecule is CC(=O)C1N(C)C1(C)C. The fraction of sp³-hybridized carbons (Fsp3) is 0.857. The molecule has 0 spiro atoms. The van der Waals surface area contributed by atoms with E-state index in [1.165, 1.54) is 0 Å². The Kier molecular flexibility index (Phi) is 1.17. The zero-order valence-corrected chi connectivity index (χ0v) is 6.43. The van der Waals surface area contributed by atoms with Crippen LogP contribution in [-0.4, -0.2) is 29.3 Å². The number of rotatable bonds is 1. The van der Waals surface area contributed by atoms with Crippen molar-refractivity contribution in [2.75, 3.05) is 7.05 Å². The summed E-state index contributed by atoms with van der Waals surface area (Å²) in [6, 6.07) is 0.178. The molecule has 0 bridgehead atoms. The molecule has 0 N–H and O–H groups in total. The maximum Gasteiger partial charge on any atom is 0.148 e. The molecule has 0 aromatic rings. The Balaban J connectivity index is 2.62. The molecule has 0 aromatic heterocycles. The first-order valence-corrected chi connectivity index (χ1v) is 3.21. The van der Waals surface area contributed by atoms with Gasteiger partial charge in [-0.3, -0.25) is 9.69 Å². The van der Waals surface area contributed by atoms with Crippen LogP contribution < -0.4 is 0 Å². The number of nitrogens with zero attached hydrogens (tertiary/aromatic N) is 1. The fourth-order valence-corrected chi connectivity index (χ4v) is 1.45. The third kappa shape index (κ3) is 0.778. The number of carbonyl (C=O) groups is 1. The van der Waals surface area contributed by atoms with Gasteiger partial charge in [-0.15, -0.1) is 0 Å². The standard InChI is InChI=1S/C7H13NO/c1-5(9)6-7(2,3)8(6)4/h6H,1-4H3. The van der Waals surface area contributed by atoms with E-state index in [2.05, 4.69) is 18.7 Å². The normalized spacial score (nSPS) is 38.2. The second-order valence-corrected chi connectivity index (χ2v) is 3.28. The highest BCUT2D eigenvalue weighted by molar-refractivity contribution is 5.86. The summed E-state index contributed by atoms with van der Waals surface area (Å²) >= 11 is 0. The summed E-state index contributed by atoms with van der Waals surface area (Å²) in [5, 5.41) is 0. The molecule has 0 aromatic carbocycles. The smallest absolute Gasteiger partial charge is 0.148 e. The monoisotopic (exact) mass is 127 g/mol. The minimum absolute atomic E-state index is 0.131. The van der Waals surface area contributed by atoms with E-state index in [-0.39, 0.29) is 17.4 Å². The van der Waals surface area contributed by atoms with Crippen molar-refractivity contribution in [1.82, 2.24) is 4.90 Å². The van der Waals surface area contributed by atoms with E-state index in [0.29, 0.717) is 0 Å². The molecule has 0 amide bonds. The van der Waals surface area contributed by atoms with Gasteiger partial charge in [-0.05, 0) is 27.8 Å². The van der Waals surface area contributed by atoms with Gasteiger partial charge in [0.2, 0.25) is 0 Å². The van der Waals surface area contributed by atoms with Crippen LogP contribution in [0.4, 0.5) is 0 Å². The Labute approximate surface area is 55.8 Å². The van der Waals surface area contributed by atoms with Crippen LogP contribution in [0, 0.1) is 0 Å². The molecule has 0 aliphatic carbocycles. The molecule has 0 saturated carbocycles. The van der Waals surface area contributed by atoms with E-state index in [1.807, 2.05) is 7.05 Å². The summed E-state index contributed by atoms with van der Waals surface area (Å²) in [4.78, 5) is 12.9. The minimum Gasteiger partial charge on any atom is -0.298 e. The van der Waals surface area contributed by atoms with Gasteiger partial charge in [-0.25, -0.2) is 0 Å². The van der Waals surface area contributed by atoms with Gasteiger partial charge in [0.1, 0.15) is 5.78 Å². The summed E-state index contributed by atoms with van der Waals surface area (Å²) in [6.45, 7) is 5.81. The molecule has 52 valence electrons. The molecular weight excluding hydrogens is 114 g/mol. The quantitative estimate of drug-likeness (QED) is 0.482. The van der Waals surface area contributed by atoms with Crippen molar-refractivity contribution in [3.05, 3.63) is 0 Å². The van der Waals surface area contributed by atoms with Crippen molar-refractivity contribution in [3.8, 4) is 0 Å². The van der Waals surface area contributed by atoms with Gasteiger partial charge in [0, 0.05) is 5.54 Å². The maximum atomic E-state index is 10.8. The van der Waals surface area contributed by atoms with Crippen molar-refractivity contribution >= 4 is 5.78 Å². The number of carbonyl (C=O) groups excluding carboxylic acids is 1. The van der Waals surface area contributed by atoms with E-state index >= 15 is 0 Å². The zero-order chi connectivity index (χ0) is 7.23. The van der Waals surface area contributed by atoms with Gasteiger partial charge in [0.15, 0.2) is 0 Å². The zero-order valence-electron chi connectivity index (χ0n) is 6.43. The Morgan fingerprint density at radius 2 is 1.89 bits per heavy atom. The number of Topliss-reactive ketones (excluding diaryl/α,β-unsaturated/α-hetero) is 1. The molecule has 1 aliphatic rings. The van der Waals surface area contributed by atoms with E-state index in [1.54, 1.807) is 6.92 Å². The summed E-state index contributed by atoms with van der Waals surface area (Å²) in [5.41, 5.74) is 0.131. The molecule has 1 heterocycles. The van der Waals surface area contributed by atoms with Crippen LogP contribution in [0.25, 0.3) is 0 Å². The highest BCUT2D eigenvalue weighted by Gasteiger charge is 2.55. The lowest BCUT2D eigenvalue weighted by atomic mass is 10.1. The lowest BCUT2D eigenvalue weighted by molar-refractivity contribution is -0.117. The molecule has 1 aliphatic heterocycles. The predicted octanol–water partition coefficient (Wildman–Crippen LogP) is 0.668. The van der Waals surface area contributed by atoms with Crippen LogP contribution in [0.5, 0.6) is 0 Å². The third-order valence-electron chi connectivity index (χ3n) is 2.28. The highest BCUT2D eigenvalue weighted by Crippen LogP contribution is 2.38. The van der Waals surface area contributed by atoms with Gasteiger partial charge in [0.05, 0.1) is 6.04 Å². The van der Waals surface area contributed by atoms with Crippen LogP contribution in [0.1, 0.15) is 20.8 Å². The Bertz CT molecular complexity index is 151. The van der Waals surface area contributed by atoms with E-state index in [4.69, 9.17) is 0 Å². The summed E-state index contributed by atoms with van der Waals surface area (Å²) in [7, 11) is 1.98. The van der Waals surface area contributed by atoms with Crippen molar-refractivity contribution in [2.24, 2.45) is 0 Å². The topological polar surface area (TPSA) is 20.1 Å². The average Bonchev–Trinajstić information content (AvgIpc) is 2.07. The molecule has 0 radical (unpaired) electrons. The number of hydrogen-bond acceptors (Lipinski definition) is 2. The van der Waals surface area contributed by atoms with Crippen molar-refractivity contribution in [3.63, 3.8) is 0 Å². The molecule has 9 heavy (non-hydrogen) atoms. The van der Waals surface area contributed by atoms with Crippen LogP contribution in [0.2, 0.25) is 0 Å². The van der Waals surface area contributed by atoms with E-state index in [9.17, 15) is 4.79 Å². The lowest BCUT2D eigenvalue weighted by Crippen LogP contribution is -2.10. The maximum absolute atomic E-state index is 10.8. The summed E-state index contributed by atoms with van der Waals surface area (Å²) < 4.78 is 0. The molecule has 2 unspecified atom stereocenters. The van der Waals surface area contributed by atoms with Crippen LogP contribution >= 0.6 is 0 Å². The largest absolute Gasteiger partial charge is 0.298 e. The van der Waals surface area contributed by atoms with Crippen molar-refractivity contribution in [1.29, 1.82) is 0 Å². The van der Waals surface area contributed by atoms with Gasteiger partial charge < -0.3 is 0 Å². The molecule has 2 heteroatoms. The Hall–Kier alpha value is -0.370. The molecule has 2 atom stereocenters. The molecule has 1 saturated heterocycles.